The molecule has 0 saturated carbocycles. The van der Waals surface area contributed by atoms with Crippen LogP contribution in [0, 0.1) is 5.92 Å². The summed E-state index contributed by atoms with van der Waals surface area (Å²) in [6.07, 6.45) is 0.802. The Morgan fingerprint density at radius 1 is 1.73 bits per heavy atom. The quantitative estimate of drug-likeness (QED) is 0.434. The van der Waals surface area contributed by atoms with Gasteiger partial charge in [0, 0.05) is 5.92 Å². The second kappa shape index (κ2) is 2.94. The average Bonchev–Trinajstić information content (AvgIpc) is 2.14. The summed E-state index contributed by atoms with van der Waals surface area (Å²) in [5.74, 6) is -0.204. The number of ether oxygens (including phenoxy) is 1. The van der Waals surface area contributed by atoms with Crippen LogP contribution in [-0.2, 0) is 4.74 Å². The first-order valence-corrected chi connectivity index (χ1v) is 4.41. The molecule has 0 radical (unpaired) electrons. The molecule has 0 aromatic carbocycles. The predicted molar refractivity (Wildman–Crippen MR) is 46.4 cm³/mol. The normalized spacial score (nSPS) is 51.5. The van der Waals surface area contributed by atoms with Crippen LogP contribution in [0.3, 0.4) is 0 Å². The van der Waals surface area contributed by atoms with Crippen molar-refractivity contribution in [2.75, 3.05) is 0 Å². The molecule has 4 heteroatoms. The van der Waals surface area contributed by atoms with Gasteiger partial charge in [-0.15, -0.1) is 0 Å². The van der Waals surface area contributed by atoms with E-state index >= 15 is 0 Å². The van der Waals surface area contributed by atoms with Gasteiger partial charge in [0.25, 0.3) is 0 Å². The molecule has 0 amide bonds. The standard InChI is InChI=1S/C7H13BClFO/c1-3-5-4(2)7(9,10)6(8)11-5/h4-6H,3,8H2,1-2H3/t4-,5-,6-,7-/m1/s1. The number of rotatable bonds is 1. The van der Waals surface area contributed by atoms with Gasteiger partial charge in [0.1, 0.15) is 7.85 Å². The highest BCUT2D eigenvalue weighted by atomic mass is 35.5. The Labute approximate surface area is 72.7 Å². The number of alkyl halides is 2. The molecular formula is C7H13BClFO. The summed E-state index contributed by atoms with van der Waals surface area (Å²) in [7, 11) is 1.68. The average molecular weight is 178 g/mol. The molecular weight excluding hydrogens is 165 g/mol. The monoisotopic (exact) mass is 178 g/mol. The molecule has 0 aromatic rings. The van der Waals surface area contributed by atoms with Crippen molar-refractivity contribution in [3.8, 4) is 0 Å². The van der Waals surface area contributed by atoms with E-state index in [0.29, 0.717) is 0 Å². The smallest absolute Gasteiger partial charge is 0.206 e. The highest BCUT2D eigenvalue weighted by molar-refractivity contribution is 6.28. The van der Waals surface area contributed by atoms with Crippen molar-refractivity contribution >= 4 is 19.4 Å². The Balaban J connectivity index is 2.71. The largest absolute Gasteiger partial charge is 0.379 e. The lowest BCUT2D eigenvalue weighted by Crippen LogP contribution is -2.32. The minimum absolute atomic E-state index is 0.0208. The fourth-order valence-electron chi connectivity index (χ4n) is 1.54. The molecule has 0 aliphatic carbocycles. The van der Waals surface area contributed by atoms with Gasteiger partial charge >= 0.3 is 0 Å². The molecule has 0 unspecified atom stereocenters. The van der Waals surface area contributed by atoms with E-state index in [1.165, 1.54) is 0 Å². The van der Waals surface area contributed by atoms with Crippen LogP contribution >= 0.6 is 11.6 Å². The van der Waals surface area contributed by atoms with Crippen LogP contribution in [0.15, 0.2) is 0 Å². The lowest BCUT2D eigenvalue weighted by atomic mass is 9.89. The van der Waals surface area contributed by atoms with Crippen LogP contribution in [0.4, 0.5) is 4.39 Å². The van der Waals surface area contributed by atoms with E-state index < -0.39 is 11.1 Å². The Kier molecular flexibility index (Phi) is 2.50. The SMILES string of the molecule is B[C@@H]1O[C@H](CC)[C@@H](C)[C@]1(F)Cl. The van der Waals surface area contributed by atoms with Crippen molar-refractivity contribution in [2.24, 2.45) is 5.92 Å². The van der Waals surface area contributed by atoms with Crippen molar-refractivity contribution in [2.45, 2.75) is 37.5 Å². The zero-order valence-electron chi connectivity index (χ0n) is 7.10. The Hall–Kier alpha value is 0.245. The maximum Gasteiger partial charge on any atom is 0.206 e. The van der Waals surface area contributed by atoms with Gasteiger partial charge in [-0.25, -0.2) is 4.39 Å². The molecule has 0 aromatic heterocycles. The van der Waals surface area contributed by atoms with E-state index in [1.807, 2.05) is 6.92 Å². The Morgan fingerprint density at radius 3 is 2.45 bits per heavy atom. The van der Waals surface area contributed by atoms with Crippen LogP contribution in [0.2, 0.25) is 0 Å². The van der Waals surface area contributed by atoms with Crippen molar-refractivity contribution in [1.29, 1.82) is 0 Å². The van der Waals surface area contributed by atoms with E-state index in [9.17, 15) is 4.39 Å². The lowest BCUT2D eigenvalue weighted by Gasteiger charge is -2.19. The molecule has 0 N–H and O–H groups in total. The van der Waals surface area contributed by atoms with Crippen molar-refractivity contribution < 1.29 is 9.13 Å². The molecule has 1 heterocycles. The molecule has 1 aliphatic heterocycles. The van der Waals surface area contributed by atoms with Gasteiger partial charge in [0.05, 0.1) is 12.1 Å². The lowest BCUT2D eigenvalue weighted by molar-refractivity contribution is 0.0644. The van der Waals surface area contributed by atoms with Gasteiger partial charge in [0.2, 0.25) is 5.13 Å². The summed E-state index contributed by atoms with van der Waals surface area (Å²) in [4.78, 5) is 0. The van der Waals surface area contributed by atoms with Gasteiger partial charge in [0.15, 0.2) is 0 Å². The first-order valence-electron chi connectivity index (χ1n) is 4.03. The summed E-state index contributed by atoms with van der Waals surface area (Å²) in [6, 6.07) is -0.482. The molecule has 1 nitrogen and oxygen atoms in total. The third kappa shape index (κ3) is 1.41. The predicted octanol–water partition coefficient (Wildman–Crippen LogP) is 1.30. The van der Waals surface area contributed by atoms with E-state index in [2.05, 4.69) is 0 Å². The molecule has 4 atom stereocenters. The third-order valence-electron chi connectivity index (χ3n) is 2.49. The zero-order valence-corrected chi connectivity index (χ0v) is 7.86. The van der Waals surface area contributed by atoms with E-state index in [1.54, 1.807) is 14.8 Å². The highest BCUT2D eigenvalue weighted by Crippen LogP contribution is 2.42. The first-order chi connectivity index (χ1) is 5.00. The fourth-order valence-corrected chi connectivity index (χ4v) is 1.73. The molecule has 11 heavy (non-hydrogen) atoms. The molecule has 1 rings (SSSR count). The van der Waals surface area contributed by atoms with E-state index in [-0.39, 0.29) is 12.0 Å². The number of hydrogen-bond acceptors (Lipinski definition) is 1. The first kappa shape index (κ1) is 9.33. The maximum absolute atomic E-state index is 13.5. The molecule has 64 valence electrons. The van der Waals surface area contributed by atoms with Crippen molar-refractivity contribution in [3.63, 3.8) is 0 Å². The molecule has 1 fully saturated rings. The zero-order chi connectivity index (χ0) is 8.65. The number of hydrogen-bond donors (Lipinski definition) is 0. The van der Waals surface area contributed by atoms with Crippen molar-refractivity contribution in [1.82, 2.24) is 0 Å². The molecule has 1 saturated heterocycles. The topological polar surface area (TPSA) is 9.23 Å². The summed E-state index contributed by atoms with van der Waals surface area (Å²) in [5.41, 5.74) is 0. The van der Waals surface area contributed by atoms with Gasteiger partial charge in [-0.3, -0.25) is 0 Å². The third-order valence-corrected chi connectivity index (χ3v) is 3.14. The summed E-state index contributed by atoms with van der Waals surface area (Å²) < 4.78 is 18.8. The minimum Gasteiger partial charge on any atom is -0.379 e. The summed E-state index contributed by atoms with van der Waals surface area (Å²) >= 11 is 5.65. The second-order valence-corrected chi connectivity index (χ2v) is 3.77. The van der Waals surface area contributed by atoms with Crippen LogP contribution < -0.4 is 0 Å². The van der Waals surface area contributed by atoms with Crippen LogP contribution in [0.25, 0.3) is 0 Å². The van der Waals surface area contributed by atoms with Gasteiger partial charge < -0.3 is 4.74 Å². The molecule has 1 aliphatic rings. The van der Waals surface area contributed by atoms with Crippen LogP contribution in [-0.4, -0.2) is 25.1 Å². The second-order valence-electron chi connectivity index (χ2n) is 3.19. The highest BCUT2D eigenvalue weighted by Gasteiger charge is 2.50. The minimum atomic E-state index is -1.67. The molecule has 0 bridgehead atoms. The van der Waals surface area contributed by atoms with Crippen molar-refractivity contribution in [3.05, 3.63) is 0 Å². The van der Waals surface area contributed by atoms with E-state index in [0.717, 1.165) is 6.42 Å². The van der Waals surface area contributed by atoms with Gasteiger partial charge in [-0.05, 0) is 6.42 Å². The van der Waals surface area contributed by atoms with Gasteiger partial charge in [-0.1, -0.05) is 25.4 Å². The number of halogens is 2. The summed E-state index contributed by atoms with van der Waals surface area (Å²) in [6.45, 7) is 3.77. The fraction of sp³-hybridized carbons (Fsp3) is 1.00. The summed E-state index contributed by atoms with van der Waals surface area (Å²) in [5, 5.41) is -1.67. The molecule has 0 spiro atoms. The Bertz CT molecular complexity index is 153. The Morgan fingerprint density at radius 2 is 2.27 bits per heavy atom. The van der Waals surface area contributed by atoms with Crippen LogP contribution in [0.1, 0.15) is 20.3 Å². The van der Waals surface area contributed by atoms with Crippen LogP contribution in [0.5, 0.6) is 0 Å². The maximum atomic E-state index is 13.5. The van der Waals surface area contributed by atoms with E-state index in [4.69, 9.17) is 16.3 Å². The van der Waals surface area contributed by atoms with Gasteiger partial charge in [-0.2, -0.15) is 0 Å².